The number of nitrogens with zero attached hydrogens (tertiary/aromatic N) is 3. The average molecular weight is 275 g/mol. The molecule has 0 spiro atoms. The predicted octanol–water partition coefficient (Wildman–Crippen LogP) is 2.54. The van der Waals surface area contributed by atoms with Crippen LogP contribution in [0.3, 0.4) is 0 Å². The van der Waals surface area contributed by atoms with Crippen LogP contribution in [-0.2, 0) is 0 Å². The number of nitrogen functional groups attached to an aromatic ring is 1. The summed E-state index contributed by atoms with van der Waals surface area (Å²) in [5, 5.41) is 0.00353. The molecule has 0 unspecified atom stereocenters. The molecule has 1 aromatic heterocycles. The maximum absolute atomic E-state index is 13.3. The number of hydrogen-bond acceptors (Lipinski definition) is 5. The van der Waals surface area contributed by atoms with Crippen molar-refractivity contribution in [2.45, 2.75) is 10.1 Å². The van der Waals surface area contributed by atoms with Gasteiger partial charge in [-0.3, -0.25) is 0 Å². The number of aromatic nitrogens is 3. The van der Waals surface area contributed by atoms with E-state index >= 15 is 0 Å². The monoisotopic (exact) mass is 274 g/mol. The number of halogens is 3. The molecule has 1 heterocycles. The van der Waals surface area contributed by atoms with Gasteiger partial charge in [0.15, 0.2) is 5.16 Å². The Bertz CT molecular complexity index is 546. The van der Waals surface area contributed by atoms with E-state index in [4.69, 9.17) is 17.3 Å². The standard InChI is InChI=1S/C9H5ClF2N4S/c10-7-14-8(13)16-9(15-7)17-6-3-4(11)1-2-5(6)12/h1-3H,(H2,13,14,15,16). The van der Waals surface area contributed by atoms with E-state index in [0.717, 1.165) is 30.0 Å². The summed E-state index contributed by atoms with van der Waals surface area (Å²) in [7, 11) is 0. The number of rotatable bonds is 2. The SMILES string of the molecule is Nc1nc(Cl)nc(Sc2cc(F)ccc2F)n1. The molecule has 8 heteroatoms. The lowest BCUT2D eigenvalue weighted by atomic mass is 10.3. The van der Waals surface area contributed by atoms with Crippen LogP contribution >= 0.6 is 23.4 Å². The molecule has 0 atom stereocenters. The number of hydrogen-bond donors (Lipinski definition) is 1. The minimum atomic E-state index is -0.577. The first-order valence-electron chi connectivity index (χ1n) is 4.34. The highest BCUT2D eigenvalue weighted by Crippen LogP contribution is 2.28. The molecular formula is C9H5ClF2N4S. The molecule has 0 bridgehead atoms. The fourth-order valence-electron chi connectivity index (χ4n) is 1.05. The predicted molar refractivity (Wildman–Crippen MR) is 59.7 cm³/mol. The second kappa shape index (κ2) is 4.80. The topological polar surface area (TPSA) is 64.7 Å². The fourth-order valence-corrected chi connectivity index (χ4v) is 2.07. The fraction of sp³-hybridized carbons (Fsp3) is 0. The van der Waals surface area contributed by atoms with E-state index in [0.29, 0.717) is 0 Å². The first kappa shape index (κ1) is 12.0. The van der Waals surface area contributed by atoms with Crippen molar-refractivity contribution < 1.29 is 8.78 Å². The van der Waals surface area contributed by atoms with E-state index in [-0.39, 0.29) is 21.3 Å². The van der Waals surface area contributed by atoms with E-state index in [1.165, 1.54) is 0 Å². The van der Waals surface area contributed by atoms with Gasteiger partial charge in [0.1, 0.15) is 11.6 Å². The molecule has 2 rings (SSSR count). The molecule has 0 fully saturated rings. The molecule has 0 aliphatic rings. The lowest BCUT2D eigenvalue weighted by molar-refractivity contribution is 0.577. The van der Waals surface area contributed by atoms with Crippen LogP contribution < -0.4 is 5.73 Å². The summed E-state index contributed by atoms with van der Waals surface area (Å²) in [6, 6.07) is 3.08. The van der Waals surface area contributed by atoms with Crippen LogP contribution in [0.4, 0.5) is 14.7 Å². The summed E-state index contributed by atoms with van der Waals surface area (Å²) in [5.41, 5.74) is 5.35. The zero-order valence-electron chi connectivity index (χ0n) is 8.19. The van der Waals surface area contributed by atoms with Crippen LogP contribution in [0.2, 0.25) is 5.28 Å². The van der Waals surface area contributed by atoms with Crippen molar-refractivity contribution in [2.75, 3.05) is 5.73 Å². The highest BCUT2D eigenvalue weighted by molar-refractivity contribution is 7.99. The molecular weight excluding hydrogens is 270 g/mol. The molecule has 0 aliphatic heterocycles. The molecule has 0 amide bonds. The lowest BCUT2D eigenvalue weighted by Gasteiger charge is -2.02. The van der Waals surface area contributed by atoms with Crippen molar-refractivity contribution in [3.05, 3.63) is 35.1 Å². The highest BCUT2D eigenvalue weighted by atomic mass is 35.5. The molecule has 0 saturated heterocycles. The van der Waals surface area contributed by atoms with Crippen LogP contribution in [0.5, 0.6) is 0 Å². The molecule has 4 nitrogen and oxygen atoms in total. The first-order chi connectivity index (χ1) is 8.04. The van der Waals surface area contributed by atoms with Crippen molar-refractivity contribution >= 4 is 29.3 Å². The van der Waals surface area contributed by atoms with Crippen LogP contribution in [-0.4, -0.2) is 15.0 Å². The molecule has 88 valence electrons. The summed E-state index contributed by atoms with van der Waals surface area (Å²) < 4.78 is 26.3. The summed E-state index contributed by atoms with van der Waals surface area (Å²) >= 11 is 6.38. The molecule has 1 aromatic carbocycles. The number of benzene rings is 1. The molecule has 2 N–H and O–H groups in total. The molecule has 0 aliphatic carbocycles. The van der Waals surface area contributed by atoms with Crippen molar-refractivity contribution in [1.29, 1.82) is 0 Å². The Morgan fingerprint density at radius 3 is 2.65 bits per heavy atom. The zero-order valence-corrected chi connectivity index (χ0v) is 9.77. The Balaban J connectivity index is 2.34. The van der Waals surface area contributed by atoms with E-state index in [2.05, 4.69) is 15.0 Å². The van der Waals surface area contributed by atoms with Gasteiger partial charge in [0.2, 0.25) is 11.2 Å². The molecule has 0 radical (unpaired) electrons. The van der Waals surface area contributed by atoms with Crippen LogP contribution in [0.25, 0.3) is 0 Å². The third kappa shape index (κ3) is 3.01. The van der Waals surface area contributed by atoms with Gasteiger partial charge >= 0.3 is 0 Å². The van der Waals surface area contributed by atoms with E-state index in [9.17, 15) is 8.78 Å². The number of anilines is 1. The van der Waals surface area contributed by atoms with Gasteiger partial charge in [-0.2, -0.15) is 15.0 Å². The summed E-state index contributed by atoms with van der Waals surface area (Å²) in [5.74, 6) is -1.21. The first-order valence-corrected chi connectivity index (χ1v) is 5.54. The third-order valence-electron chi connectivity index (χ3n) is 1.70. The largest absolute Gasteiger partial charge is 0.368 e. The highest BCUT2D eigenvalue weighted by Gasteiger charge is 2.09. The Morgan fingerprint density at radius 1 is 1.18 bits per heavy atom. The molecule has 0 saturated carbocycles. The van der Waals surface area contributed by atoms with Gasteiger partial charge in [-0.1, -0.05) is 0 Å². The smallest absolute Gasteiger partial charge is 0.228 e. The molecule has 2 aromatic rings. The Hall–Kier alpha value is -1.47. The Morgan fingerprint density at radius 2 is 1.94 bits per heavy atom. The van der Waals surface area contributed by atoms with Crippen molar-refractivity contribution in [3.8, 4) is 0 Å². The third-order valence-corrected chi connectivity index (χ3v) is 2.77. The second-order valence-electron chi connectivity index (χ2n) is 2.92. The van der Waals surface area contributed by atoms with Gasteiger partial charge in [-0.05, 0) is 41.6 Å². The van der Waals surface area contributed by atoms with Gasteiger partial charge in [0.25, 0.3) is 0 Å². The van der Waals surface area contributed by atoms with Crippen molar-refractivity contribution in [3.63, 3.8) is 0 Å². The maximum atomic E-state index is 13.3. The maximum Gasteiger partial charge on any atom is 0.228 e. The van der Waals surface area contributed by atoms with Gasteiger partial charge in [0.05, 0.1) is 4.90 Å². The number of nitrogens with two attached hydrogens (primary N) is 1. The second-order valence-corrected chi connectivity index (χ2v) is 4.27. The zero-order chi connectivity index (χ0) is 12.4. The van der Waals surface area contributed by atoms with Crippen LogP contribution in [0, 0.1) is 11.6 Å². The van der Waals surface area contributed by atoms with Crippen LogP contribution in [0.15, 0.2) is 28.3 Å². The Labute approximate surface area is 104 Å². The molecule has 17 heavy (non-hydrogen) atoms. The average Bonchev–Trinajstić information content (AvgIpc) is 2.22. The van der Waals surface area contributed by atoms with E-state index in [1.807, 2.05) is 0 Å². The van der Waals surface area contributed by atoms with Gasteiger partial charge in [-0.25, -0.2) is 8.78 Å². The van der Waals surface area contributed by atoms with Crippen molar-refractivity contribution in [2.24, 2.45) is 0 Å². The minimum absolute atomic E-state index is 0.0478. The lowest BCUT2D eigenvalue weighted by Crippen LogP contribution is -1.99. The Kier molecular flexibility index (Phi) is 3.39. The summed E-state index contributed by atoms with van der Waals surface area (Å²) in [6.45, 7) is 0. The van der Waals surface area contributed by atoms with Gasteiger partial charge in [-0.15, -0.1) is 0 Å². The minimum Gasteiger partial charge on any atom is -0.368 e. The summed E-state index contributed by atoms with van der Waals surface area (Å²) in [4.78, 5) is 11.1. The van der Waals surface area contributed by atoms with Gasteiger partial charge < -0.3 is 5.73 Å². The van der Waals surface area contributed by atoms with Crippen molar-refractivity contribution in [1.82, 2.24) is 15.0 Å². The normalized spacial score (nSPS) is 10.5. The van der Waals surface area contributed by atoms with E-state index < -0.39 is 11.6 Å². The van der Waals surface area contributed by atoms with Gasteiger partial charge in [0, 0.05) is 0 Å². The van der Waals surface area contributed by atoms with Crippen LogP contribution in [0.1, 0.15) is 0 Å². The summed E-state index contributed by atoms with van der Waals surface area (Å²) in [6.07, 6.45) is 0. The quantitative estimate of drug-likeness (QED) is 0.912. The van der Waals surface area contributed by atoms with E-state index in [1.54, 1.807) is 0 Å².